The van der Waals surface area contributed by atoms with E-state index in [4.69, 9.17) is 4.74 Å². The van der Waals surface area contributed by atoms with Crippen LogP contribution < -0.4 is 9.64 Å². The van der Waals surface area contributed by atoms with E-state index < -0.39 is 11.9 Å². The SMILES string of the molecule is O=C1CCN(c2cccc(C(F)(F)F)n2)C[C@@H]2C[C@H](Oc3cnc(C4CC4)cn3)CN12. The third-order valence-corrected chi connectivity index (χ3v) is 6.00. The van der Waals surface area contributed by atoms with Crippen molar-refractivity contribution in [3.63, 3.8) is 0 Å². The lowest BCUT2D eigenvalue weighted by Crippen LogP contribution is -2.39. The van der Waals surface area contributed by atoms with Crippen molar-refractivity contribution in [1.82, 2.24) is 19.9 Å². The normalized spacial score (nSPS) is 24.2. The molecule has 0 unspecified atom stereocenters. The van der Waals surface area contributed by atoms with E-state index in [0.717, 1.165) is 24.6 Å². The van der Waals surface area contributed by atoms with E-state index in [1.807, 2.05) is 0 Å². The van der Waals surface area contributed by atoms with Gasteiger partial charge in [0.05, 0.1) is 30.7 Å². The van der Waals surface area contributed by atoms with Crippen LogP contribution in [0, 0.1) is 0 Å². The monoisotopic (exact) mass is 433 g/mol. The highest BCUT2D eigenvalue weighted by atomic mass is 19.4. The van der Waals surface area contributed by atoms with Crippen LogP contribution >= 0.6 is 0 Å². The fourth-order valence-electron chi connectivity index (χ4n) is 4.27. The van der Waals surface area contributed by atoms with E-state index in [-0.39, 0.29) is 30.3 Å². The summed E-state index contributed by atoms with van der Waals surface area (Å²) in [6.45, 7) is 1.17. The second kappa shape index (κ2) is 7.65. The minimum atomic E-state index is -4.51. The van der Waals surface area contributed by atoms with Crippen LogP contribution in [0.15, 0.2) is 30.6 Å². The number of nitrogens with zero attached hydrogens (tertiary/aromatic N) is 5. The van der Waals surface area contributed by atoms with Gasteiger partial charge in [-0.3, -0.25) is 9.78 Å². The summed E-state index contributed by atoms with van der Waals surface area (Å²) in [7, 11) is 0. The number of pyridine rings is 1. The minimum Gasteiger partial charge on any atom is -0.471 e. The molecule has 0 spiro atoms. The maximum Gasteiger partial charge on any atom is 0.433 e. The standard InChI is InChI=1S/C21H22F3N5O2/c22-21(23,24)17-2-1-3-18(27-17)28-7-6-20(30)29-12-15(8-14(29)11-28)31-19-10-25-16(9-26-19)13-4-5-13/h1-3,9-10,13-15H,4-8,11-12H2/t14-,15-/m0/s1. The van der Waals surface area contributed by atoms with Crippen molar-refractivity contribution in [3.8, 4) is 5.88 Å². The van der Waals surface area contributed by atoms with Crippen molar-refractivity contribution in [2.45, 2.75) is 49.9 Å². The number of anilines is 1. The van der Waals surface area contributed by atoms with Crippen molar-refractivity contribution in [2.24, 2.45) is 0 Å². The number of halogens is 3. The van der Waals surface area contributed by atoms with Gasteiger partial charge in [0.2, 0.25) is 11.8 Å². The first kappa shape index (κ1) is 20.0. The Morgan fingerprint density at radius 3 is 2.65 bits per heavy atom. The first-order chi connectivity index (χ1) is 14.9. The molecule has 164 valence electrons. The molecule has 5 rings (SSSR count). The van der Waals surface area contributed by atoms with Gasteiger partial charge in [0.25, 0.3) is 0 Å². The second-order valence-corrected chi connectivity index (χ2v) is 8.30. The van der Waals surface area contributed by atoms with Crippen molar-refractivity contribution in [3.05, 3.63) is 42.0 Å². The second-order valence-electron chi connectivity index (χ2n) is 8.30. The highest BCUT2D eigenvalue weighted by molar-refractivity contribution is 5.78. The number of amides is 1. The van der Waals surface area contributed by atoms with Crippen LogP contribution in [0.1, 0.15) is 43.0 Å². The largest absolute Gasteiger partial charge is 0.471 e. The lowest BCUT2D eigenvalue weighted by molar-refractivity contribution is -0.141. The van der Waals surface area contributed by atoms with E-state index >= 15 is 0 Å². The molecular formula is C21H22F3N5O2. The van der Waals surface area contributed by atoms with E-state index in [1.54, 1.807) is 28.3 Å². The highest BCUT2D eigenvalue weighted by Gasteiger charge is 2.40. The predicted molar refractivity (Wildman–Crippen MR) is 105 cm³/mol. The van der Waals surface area contributed by atoms with E-state index in [1.165, 1.54) is 6.07 Å². The van der Waals surface area contributed by atoms with Crippen LogP contribution in [0.3, 0.4) is 0 Å². The lowest BCUT2D eigenvalue weighted by Gasteiger charge is -2.26. The number of ether oxygens (including phenoxy) is 1. The number of hydrogen-bond acceptors (Lipinski definition) is 6. The molecule has 0 N–H and O–H groups in total. The Morgan fingerprint density at radius 1 is 1.10 bits per heavy atom. The molecule has 1 amide bonds. The molecule has 31 heavy (non-hydrogen) atoms. The van der Waals surface area contributed by atoms with Crippen LogP contribution in [-0.2, 0) is 11.0 Å². The Balaban J connectivity index is 1.28. The zero-order chi connectivity index (χ0) is 21.6. The van der Waals surface area contributed by atoms with Gasteiger partial charge in [-0.25, -0.2) is 9.97 Å². The molecule has 10 heteroatoms. The maximum absolute atomic E-state index is 13.1. The molecule has 2 aromatic heterocycles. The van der Waals surface area contributed by atoms with Crippen molar-refractivity contribution >= 4 is 11.7 Å². The summed E-state index contributed by atoms with van der Waals surface area (Å²) >= 11 is 0. The van der Waals surface area contributed by atoms with Crippen LogP contribution in [0.25, 0.3) is 0 Å². The number of carbonyl (C=O) groups is 1. The molecule has 4 heterocycles. The molecule has 7 nitrogen and oxygen atoms in total. The van der Waals surface area contributed by atoms with E-state index in [2.05, 4.69) is 15.0 Å². The molecule has 0 bridgehead atoms. The number of carbonyl (C=O) groups excluding carboxylic acids is 1. The molecule has 3 aliphatic rings. The summed E-state index contributed by atoms with van der Waals surface area (Å²) in [6, 6.07) is 3.69. The Hall–Kier alpha value is -2.91. The third kappa shape index (κ3) is 4.28. The third-order valence-electron chi connectivity index (χ3n) is 6.00. The summed E-state index contributed by atoms with van der Waals surface area (Å²) in [5.41, 5.74) is 0.0466. The van der Waals surface area contributed by atoms with Gasteiger partial charge in [0, 0.05) is 31.8 Å². The summed E-state index contributed by atoms with van der Waals surface area (Å²) in [4.78, 5) is 28.7. The Morgan fingerprint density at radius 2 is 1.94 bits per heavy atom. The predicted octanol–water partition coefficient (Wildman–Crippen LogP) is 3.03. The van der Waals surface area contributed by atoms with Crippen LogP contribution in [0.2, 0.25) is 0 Å². The van der Waals surface area contributed by atoms with Gasteiger partial charge in [-0.1, -0.05) is 6.07 Å². The van der Waals surface area contributed by atoms with Gasteiger partial charge in [-0.15, -0.1) is 0 Å². The van der Waals surface area contributed by atoms with Crippen LogP contribution in [0.5, 0.6) is 5.88 Å². The first-order valence-electron chi connectivity index (χ1n) is 10.4. The zero-order valence-corrected chi connectivity index (χ0v) is 16.8. The summed E-state index contributed by atoms with van der Waals surface area (Å²) < 4.78 is 45.1. The topological polar surface area (TPSA) is 71.5 Å². The average Bonchev–Trinajstić information content (AvgIpc) is 3.54. The van der Waals surface area contributed by atoms with Crippen molar-refractivity contribution in [1.29, 1.82) is 0 Å². The fraction of sp³-hybridized carbons (Fsp3) is 0.524. The lowest BCUT2D eigenvalue weighted by atomic mass is 10.2. The van der Waals surface area contributed by atoms with Crippen molar-refractivity contribution in [2.75, 3.05) is 24.5 Å². The van der Waals surface area contributed by atoms with Gasteiger partial charge in [0.1, 0.15) is 17.6 Å². The Bertz CT molecular complexity index is 964. The number of rotatable bonds is 4. The average molecular weight is 433 g/mol. The molecule has 1 aliphatic carbocycles. The smallest absolute Gasteiger partial charge is 0.433 e. The fourth-order valence-corrected chi connectivity index (χ4v) is 4.27. The Labute approximate surface area is 177 Å². The summed E-state index contributed by atoms with van der Waals surface area (Å²) in [6.07, 6.45) is 1.71. The van der Waals surface area contributed by atoms with Gasteiger partial charge in [-0.05, 0) is 25.0 Å². The van der Waals surface area contributed by atoms with Crippen LogP contribution in [0.4, 0.5) is 19.0 Å². The molecule has 2 aromatic rings. The first-order valence-corrected chi connectivity index (χ1v) is 10.4. The molecule has 1 saturated carbocycles. The zero-order valence-electron chi connectivity index (χ0n) is 16.8. The quantitative estimate of drug-likeness (QED) is 0.738. The van der Waals surface area contributed by atoms with Gasteiger partial charge in [0.15, 0.2) is 0 Å². The molecule has 2 saturated heterocycles. The number of aromatic nitrogens is 3. The van der Waals surface area contributed by atoms with E-state index in [0.29, 0.717) is 37.9 Å². The molecule has 2 aliphatic heterocycles. The van der Waals surface area contributed by atoms with Gasteiger partial charge >= 0.3 is 6.18 Å². The summed E-state index contributed by atoms with van der Waals surface area (Å²) in [5.74, 6) is 1.14. The molecule has 2 atom stereocenters. The Kier molecular flexibility index (Phi) is 4.94. The molecule has 0 aromatic carbocycles. The molecule has 3 fully saturated rings. The number of hydrogen-bond donors (Lipinski definition) is 0. The highest BCUT2D eigenvalue weighted by Crippen LogP contribution is 2.38. The minimum absolute atomic E-state index is 0.0271. The summed E-state index contributed by atoms with van der Waals surface area (Å²) in [5, 5.41) is 0. The van der Waals surface area contributed by atoms with Gasteiger partial charge in [-0.2, -0.15) is 13.2 Å². The number of alkyl halides is 3. The maximum atomic E-state index is 13.1. The van der Waals surface area contributed by atoms with Gasteiger partial charge < -0.3 is 14.5 Å². The van der Waals surface area contributed by atoms with E-state index in [9.17, 15) is 18.0 Å². The number of fused-ring (bicyclic) bond motifs is 1. The molecular weight excluding hydrogens is 411 g/mol. The van der Waals surface area contributed by atoms with Crippen LogP contribution in [-0.4, -0.2) is 57.5 Å². The molecule has 0 radical (unpaired) electrons. The van der Waals surface area contributed by atoms with Crippen molar-refractivity contribution < 1.29 is 22.7 Å².